The summed E-state index contributed by atoms with van der Waals surface area (Å²) < 4.78 is 19.6. The van der Waals surface area contributed by atoms with Crippen molar-refractivity contribution in [3.05, 3.63) is 52.2 Å². The fourth-order valence-corrected chi connectivity index (χ4v) is 6.89. The molecule has 3 heterocycles. The maximum Gasteiger partial charge on any atom is 0.308 e. The lowest BCUT2D eigenvalue weighted by Crippen LogP contribution is -2.44. The van der Waals surface area contributed by atoms with Crippen LogP contribution in [0.2, 0.25) is 5.02 Å². The van der Waals surface area contributed by atoms with E-state index < -0.39 is 18.0 Å². The molecule has 1 aliphatic heterocycles. The van der Waals surface area contributed by atoms with E-state index >= 15 is 0 Å². The van der Waals surface area contributed by atoms with E-state index in [9.17, 15) is 19.4 Å². The van der Waals surface area contributed by atoms with Gasteiger partial charge >= 0.3 is 5.97 Å². The molecule has 10 heteroatoms. The first-order valence-electron chi connectivity index (χ1n) is 11.5. The average molecular weight is 539 g/mol. The van der Waals surface area contributed by atoms with E-state index in [1.54, 1.807) is 18.6 Å². The lowest BCUT2D eigenvalue weighted by Gasteiger charge is -2.37. The molecule has 4 rings (SSSR count). The van der Waals surface area contributed by atoms with Crippen LogP contribution >= 0.6 is 34.7 Å². The Morgan fingerprint density at radius 1 is 1.43 bits per heavy atom. The Bertz CT molecular complexity index is 1180. The number of aliphatic hydroxyl groups is 1. The summed E-state index contributed by atoms with van der Waals surface area (Å²) in [7, 11) is 1.58. The molecular weight excluding hydrogens is 511 g/mol. The molecule has 1 aromatic carbocycles. The number of aliphatic carboxylic acids is 1. The zero-order valence-electron chi connectivity index (χ0n) is 19.3. The Hall–Kier alpha value is -1.91. The Morgan fingerprint density at radius 3 is 2.97 bits per heavy atom. The van der Waals surface area contributed by atoms with Gasteiger partial charge in [-0.2, -0.15) is 0 Å². The number of hydrogen-bond donors (Lipinski definition) is 2. The molecule has 0 bridgehead atoms. The van der Waals surface area contributed by atoms with Gasteiger partial charge in [0.1, 0.15) is 11.6 Å². The molecule has 35 heavy (non-hydrogen) atoms. The molecule has 188 valence electrons. The number of aliphatic hydroxyl groups excluding tert-OH is 1. The summed E-state index contributed by atoms with van der Waals surface area (Å²) in [5.41, 5.74) is 1.30. The highest BCUT2D eigenvalue weighted by Gasteiger charge is 2.34. The minimum absolute atomic E-state index is 0.0396. The largest absolute Gasteiger partial charge is 0.497 e. The van der Waals surface area contributed by atoms with E-state index in [1.165, 1.54) is 35.4 Å². The molecule has 0 saturated carbocycles. The van der Waals surface area contributed by atoms with Crippen LogP contribution in [-0.2, 0) is 4.79 Å². The third kappa shape index (κ3) is 6.27. The second kappa shape index (κ2) is 11.9. The Labute approximate surface area is 217 Å². The molecule has 1 fully saturated rings. The predicted molar refractivity (Wildman–Crippen MR) is 138 cm³/mol. The van der Waals surface area contributed by atoms with Gasteiger partial charge in [0.2, 0.25) is 0 Å². The van der Waals surface area contributed by atoms with Gasteiger partial charge in [-0.05, 0) is 61.4 Å². The molecule has 1 aliphatic rings. The van der Waals surface area contributed by atoms with Gasteiger partial charge in [-0.15, -0.1) is 23.1 Å². The smallest absolute Gasteiger partial charge is 0.308 e. The number of aromatic nitrogens is 1. The average Bonchev–Trinajstić information content (AvgIpc) is 3.26. The van der Waals surface area contributed by atoms with Gasteiger partial charge in [0.25, 0.3) is 0 Å². The van der Waals surface area contributed by atoms with Crippen molar-refractivity contribution in [3.63, 3.8) is 0 Å². The number of piperidine rings is 1. The standard InChI is InChI=1S/C25H28ClFN2O4S2/c1-33-16-3-4-21-17(12-16)23(19(26)13-28-21)22(30)5-2-15-6-8-29(14-18(15)24(31)32)9-11-35-25-20(27)7-10-34-25/h3-4,7,10,12-13,15,18,22,30H,2,5-6,8-9,11,14H2,1H3,(H,31,32). The van der Waals surface area contributed by atoms with Crippen molar-refractivity contribution in [3.8, 4) is 5.75 Å². The SMILES string of the molecule is COc1ccc2ncc(Cl)c(C(O)CCC3CCN(CCSc4sccc4F)CC3C(=O)O)c2c1. The van der Waals surface area contributed by atoms with Crippen molar-refractivity contribution in [2.75, 3.05) is 32.5 Å². The van der Waals surface area contributed by atoms with Crippen LogP contribution in [0.5, 0.6) is 5.75 Å². The number of hydrogen-bond acceptors (Lipinski definition) is 7. The first kappa shape index (κ1) is 26.2. The lowest BCUT2D eigenvalue weighted by molar-refractivity contribution is -0.146. The summed E-state index contributed by atoms with van der Waals surface area (Å²) >= 11 is 9.27. The van der Waals surface area contributed by atoms with Gasteiger partial charge in [-0.25, -0.2) is 4.39 Å². The number of likely N-dealkylation sites (tertiary alicyclic amines) is 1. The molecule has 0 amide bonds. The van der Waals surface area contributed by atoms with E-state index in [4.69, 9.17) is 16.3 Å². The van der Waals surface area contributed by atoms with Crippen LogP contribution in [-0.4, -0.2) is 58.6 Å². The number of pyridine rings is 1. The maximum absolute atomic E-state index is 13.6. The third-order valence-corrected chi connectivity index (χ3v) is 9.06. The molecule has 0 spiro atoms. The molecule has 2 aromatic heterocycles. The van der Waals surface area contributed by atoms with Gasteiger partial charge in [-0.1, -0.05) is 11.6 Å². The second-order valence-corrected chi connectivity index (χ2v) is 11.4. The molecule has 1 saturated heterocycles. The van der Waals surface area contributed by atoms with Crippen molar-refractivity contribution in [2.45, 2.75) is 29.6 Å². The van der Waals surface area contributed by atoms with Gasteiger partial charge < -0.3 is 19.8 Å². The molecule has 3 unspecified atom stereocenters. The number of carboxylic acid groups (broad SMARTS) is 1. The minimum Gasteiger partial charge on any atom is -0.497 e. The molecule has 6 nitrogen and oxygen atoms in total. The van der Waals surface area contributed by atoms with Crippen molar-refractivity contribution >= 4 is 51.6 Å². The van der Waals surface area contributed by atoms with E-state index in [0.717, 1.165) is 18.4 Å². The highest BCUT2D eigenvalue weighted by molar-refractivity contribution is 8.01. The fraction of sp³-hybridized carbons (Fsp3) is 0.440. The summed E-state index contributed by atoms with van der Waals surface area (Å²) in [5.74, 6) is -0.200. The molecule has 3 aromatic rings. The minimum atomic E-state index is -0.843. The van der Waals surface area contributed by atoms with Crippen molar-refractivity contribution in [2.24, 2.45) is 11.8 Å². The van der Waals surface area contributed by atoms with E-state index in [-0.39, 0.29) is 11.7 Å². The summed E-state index contributed by atoms with van der Waals surface area (Å²) in [6.07, 6.45) is 2.40. The second-order valence-electron chi connectivity index (χ2n) is 8.69. The Morgan fingerprint density at radius 2 is 2.26 bits per heavy atom. The van der Waals surface area contributed by atoms with Crippen LogP contribution in [0, 0.1) is 17.7 Å². The number of fused-ring (bicyclic) bond motifs is 1. The summed E-state index contributed by atoms with van der Waals surface area (Å²) in [4.78, 5) is 18.5. The van der Waals surface area contributed by atoms with Gasteiger partial charge in [0.15, 0.2) is 0 Å². The maximum atomic E-state index is 13.6. The predicted octanol–water partition coefficient (Wildman–Crippen LogP) is 5.73. The Balaban J connectivity index is 1.37. The van der Waals surface area contributed by atoms with Crippen LogP contribution < -0.4 is 4.74 Å². The molecule has 2 N–H and O–H groups in total. The first-order valence-corrected chi connectivity index (χ1v) is 13.7. The number of thioether (sulfide) groups is 1. The number of methoxy groups -OCH3 is 1. The zero-order chi connectivity index (χ0) is 24.9. The summed E-state index contributed by atoms with van der Waals surface area (Å²) in [6.45, 7) is 1.95. The number of carbonyl (C=O) groups is 1. The first-order chi connectivity index (χ1) is 16.9. The topological polar surface area (TPSA) is 82.9 Å². The molecule has 3 atom stereocenters. The number of carboxylic acids is 1. The van der Waals surface area contributed by atoms with E-state index in [0.29, 0.717) is 57.7 Å². The summed E-state index contributed by atoms with van der Waals surface area (Å²) in [6, 6.07) is 6.90. The third-order valence-electron chi connectivity index (χ3n) is 6.59. The van der Waals surface area contributed by atoms with Crippen LogP contribution in [0.15, 0.2) is 40.1 Å². The van der Waals surface area contributed by atoms with Crippen LogP contribution in [0.25, 0.3) is 10.9 Å². The van der Waals surface area contributed by atoms with Gasteiger partial charge in [0, 0.05) is 36.0 Å². The summed E-state index contributed by atoms with van der Waals surface area (Å²) in [5, 5.41) is 23.8. The molecule has 0 radical (unpaired) electrons. The van der Waals surface area contributed by atoms with Crippen LogP contribution in [0.4, 0.5) is 4.39 Å². The number of benzene rings is 1. The Kier molecular flexibility index (Phi) is 8.88. The van der Waals surface area contributed by atoms with Crippen LogP contribution in [0.1, 0.15) is 30.9 Å². The van der Waals surface area contributed by atoms with Crippen LogP contribution in [0.3, 0.4) is 0 Å². The van der Waals surface area contributed by atoms with Gasteiger partial charge in [-0.3, -0.25) is 9.78 Å². The van der Waals surface area contributed by atoms with Gasteiger partial charge in [0.05, 0.1) is 33.9 Å². The normalized spacial score (nSPS) is 19.7. The highest BCUT2D eigenvalue weighted by atomic mass is 35.5. The fourth-order valence-electron chi connectivity index (χ4n) is 4.70. The number of nitrogens with zero attached hydrogens (tertiary/aromatic N) is 2. The zero-order valence-corrected chi connectivity index (χ0v) is 21.7. The molecule has 0 aliphatic carbocycles. The van der Waals surface area contributed by atoms with Crippen molar-refractivity contribution in [1.29, 1.82) is 0 Å². The number of halogens is 2. The van der Waals surface area contributed by atoms with E-state index in [1.807, 2.05) is 12.1 Å². The quantitative estimate of drug-likeness (QED) is 0.319. The highest BCUT2D eigenvalue weighted by Crippen LogP contribution is 2.37. The van der Waals surface area contributed by atoms with Crippen molar-refractivity contribution < 1.29 is 24.1 Å². The number of ether oxygens (including phenoxy) is 1. The lowest BCUT2D eigenvalue weighted by atomic mass is 9.81. The molecular formula is C25H28ClFN2O4S2. The number of thiophene rings is 1. The van der Waals surface area contributed by atoms with Crippen molar-refractivity contribution in [1.82, 2.24) is 9.88 Å². The number of rotatable bonds is 10. The van der Waals surface area contributed by atoms with E-state index in [2.05, 4.69) is 9.88 Å². The monoisotopic (exact) mass is 538 g/mol.